The fourth-order valence-corrected chi connectivity index (χ4v) is 3.46. The van der Waals surface area contributed by atoms with E-state index in [4.69, 9.17) is 4.52 Å². The van der Waals surface area contributed by atoms with E-state index in [-0.39, 0.29) is 5.41 Å². The molecule has 0 radical (unpaired) electrons. The number of anilines is 1. The summed E-state index contributed by atoms with van der Waals surface area (Å²) in [4.78, 5) is 15.2. The highest BCUT2D eigenvalue weighted by Gasteiger charge is 2.24. The monoisotopic (exact) mass is 335 g/mol. The maximum Gasteiger partial charge on any atom is 0.240 e. The van der Waals surface area contributed by atoms with Gasteiger partial charge in [-0.3, -0.25) is 4.90 Å². The average Bonchev–Trinajstić information content (AvgIpc) is 3.07. The van der Waals surface area contributed by atoms with Crippen LogP contribution in [0.3, 0.4) is 0 Å². The van der Waals surface area contributed by atoms with Gasteiger partial charge in [-0.25, -0.2) is 4.98 Å². The van der Waals surface area contributed by atoms with Crippen molar-refractivity contribution in [1.82, 2.24) is 20.0 Å². The first kappa shape index (κ1) is 16.4. The largest absolute Gasteiger partial charge is 0.346 e. The van der Waals surface area contributed by atoms with Gasteiger partial charge in [0.15, 0.2) is 11.0 Å². The Labute approximate surface area is 141 Å². The summed E-state index contributed by atoms with van der Waals surface area (Å²) in [5.74, 6) is 1.49. The van der Waals surface area contributed by atoms with Crippen molar-refractivity contribution in [2.24, 2.45) is 0 Å². The minimum absolute atomic E-state index is 0.0684. The second kappa shape index (κ2) is 6.20. The molecule has 23 heavy (non-hydrogen) atoms. The van der Waals surface area contributed by atoms with Crippen LogP contribution in [0.15, 0.2) is 4.52 Å². The molecule has 1 aliphatic heterocycles. The molecule has 0 N–H and O–H groups in total. The van der Waals surface area contributed by atoms with E-state index >= 15 is 0 Å². The summed E-state index contributed by atoms with van der Waals surface area (Å²) >= 11 is 1.79. The zero-order valence-electron chi connectivity index (χ0n) is 14.6. The van der Waals surface area contributed by atoms with Gasteiger partial charge in [0.2, 0.25) is 5.89 Å². The summed E-state index contributed by atoms with van der Waals surface area (Å²) in [6, 6.07) is 0. The first-order valence-electron chi connectivity index (χ1n) is 8.07. The quantitative estimate of drug-likeness (QED) is 0.860. The van der Waals surface area contributed by atoms with Crippen molar-refractivity contribution in [3.05, 3.63) is 22.3 Å². The lowest BCUT2D eigenvalue weighted by Gasteiger charge is -2.33. The molecule has 3 rings (SSSR count). The van der Waals surface area contributed by atoms with Crippen molar-refractivity contribution in [2.75, 3.05) is 31.1 Å². The molecule has 0 aromatic carbocycles. The molecule has 2 aromatic heterocycles. The van der Waals surface area contributed by atoms with Gasteiger partial charge in [0.25, 0.3) is 0 Å². The van der Waals surface area contributed by atoms with Gasteiger partial charge in [-0.05, 0) is 13.8 Å². The summed E-state index contributed by atoms with van der Waals surface area (Å²) in [6.45, 7) is 15.2. The van der Waals surface area contributed by atoms with Crippen molar-refractivity contribution in [3.63, 3.8) is 0 Å². The Balaban J connectivity index is 1.56. The minimum Gasteiger partial charge on any atom is -0.346 e. The number of hydrogen-bond acceptors (Lipinski definition) is 7. The van der Waals surface area contributed by atoms with Crippen LogP contribution in [0.4, 0.5) is 5.13 Å². The molecule has 7 heteroatoms. The molecule has 0 spiro atoms. The normalized spacial score (nSPS) is 17.0. The molecule has 3 heterocycles. The molecular weight excluding hydrogens is 310 g/mol. The van der Waals surface area contributed by atoms with E-state index in [0.29, 0.717) is 5.89 Å². The van der Waals surface area contributed by atoms with Crippen LogP contribution in [0, 0.1) is 13.8 Å². The molecule has 0 saturated carbocycles. The predicted octanol–water partition coefficient (Wildman–Crippen LogP) is 2.76. The number of thiazole rings is 1. The van der Waals surface area contributed by atoms with Crippen LogP contribution >= 0.6 is 11.3 Å². The van der Waals surface area contributed by atoms with Crippen LogP contribution in [-0.4, -0.2) is 46.2 Å². The van der Waals surface area contributed by atoms with Gasteiger partial charge in [-0.1, -0.05) is 25.9 Å². The smallest absolute Gasteiger partial charge is 0.240 e. The van der Waals surface area contributed by atoms with Crippen molar-refractivity contribution >= 4 is 16.5 Å². The van der Waals surface area contributed by atoms with Crippen molar-refractivity contribution < 1.29 is 4.52 Å². The Morgan fingerprint density at radius 2 is 1.78 bits per heavy atom. The molecule has 0 unspecified atom stereocenters. The van der Waals surface area contributed by atoms with E-state index in [9.17, 15) is 0 Å². The number of rotatable bonds is 3. The lowest BCUT2D eigenvalue weighted by Crippen LogP contribution is -2.46. The van der Waals surface area contributed by atoms with E-state index < -0.39 is 0 Å². The summed E-state index contributed by atoms with van der Waals surface area (Å²) in [6.07, 6.45) is 0. The third kappa shape index (κ3) is 3.72. The van der Waals surface area contributed by atoms with Gasteiger partial charge in [-0.15, -0.1) is 11.3 Å². The predicted molar refractivity (Wildman–Crippen MR) is 92.1 cm³/mol. The average molecular weight is 335 g/mol. The maximum atomic E-state index is 5.40. The van der Waals surface area contributed by atoms with E-state index in [0.717, 1.165) is 49.4 Å². The fourth-order valence-electron chi connectivity index (χ4n) is 2.50. The zero-order valence-corrected chi connectivity index (χ0v) is 15.4. The van der Waals surface area contributed by atoms with Gasteiger partial charge in [-0.2, -0.15) is 4.98 Å². The number of hydrogen-bond donors (Lipinski definition) is 0. The molecule has 126 valence electrons. The van der Waals surface area contributed by atoms with Crippen LogP contribution in [0.25, 0.3) is 0 Å². The Morgan fingerprint density at radius 1 is 1.09 bits per heavy atom. The summed E-state index contributed by atoms with van der Waals surface area (Å²) in [5, 5.41) is 5.24. The first-order chi connectivity index (χ1) is 10.8. The SMILES string of the molecule is Cc1nc(N2CCN(Cc3nc(C(C)(C)C)no3)CC2)sc1C. The Bertz CT molecular complexity index is 645. The molecule has 0 bridgehead atoms. The molecule has 1 aliphatic rings. The highest BCUT2D eigenvalue weighted by molar-refractivity contribution is 7.15. The molecule has 2 aromatic rings. The molecular formula is C16H25N5OS. The van der Waals surface area contributed by atoms with Gasteiger partial charge < -0.3 is 9.42 Å². The molecule has 6 nitrogen and oxygen atoms in total. The van der Waals surface area contributed by atoms with Gasteiger partial charge in [0, 0.05) is 36.5 Å². The van der Waals surface area contributed by atoms with Crippen molar-refractivity contribution in [2.45, 2.75) is 46.6 Å². The van der Waals surface area contributed by atoms with Gasteiger partial charge >= 0.3 is 0 Å². The van der Waals surface area contributed by atoms with Crippen LogP contribution in [0.5, 0.6) is 0 Å². The van der Waals surface area contributed by atoms with Crippen LogP contribution in [0.2, 0.25) is 0 Å². The number of piperazine rings is 1. The van der Waals surface area contributed by atoms with E-state index in [2.05, 4.69) is 59.5 Å². The number of aromatic nitrogens is 3. The fraction of sp³-hybridized carbons (Fsp3) is 0.688. The second-order valence-corrected chi connectivity index (χ2v) is 8.34. The Kier molecular flexibility index (Phi) is 4.42. The van der Waals surface area contributed by atoms with Gasteiger partial charge in [0.1, 0.15) is 0 Å². The summed E-state index contributed by atoms with van der Waals surface area (Å²) in [5.41, 5.74) is 1.08. The van der Waals surface area contributed by atoms with Gasteiger partial charge in [0.05, 0.1) is 12.2 Å². The van der Waals surface area contributed by atoms with Crippen molar-refractivity contribution in [1.29, 1.82) is 0 Å². The standard InChI is InChI=1S/C16H25N5OS/c1-11-12(2)23-15(17-11)21-8-6-20(7-9-21)10-13-18-14(19-22-13)16(3,4)5/h6-10H2,1-5H3. The van der Waals surface area contributed by atoms with Crippen LogP contribution < -0.4 is 4.90 Å². The molecule has 0 atom stereocenters. The van der Waals surface area contributed by atoms with E-state index in [1.165, 1.54) is 4.88 Å². The summed E-state index contributed by atoms with van der Waals surface area (Å²) < 4.78 is 5.40. The lowest BCUT2D eigenvalue weighted by molar-refractivity contribution is 0.215. The minimum atomic E-state index is -0.0684. The van der Waals surface area contributed by atoms with Crippen LogP contribution in [-0.2, 0) is 12.0 Å². The van der Waals surface area contributed by atoms with Crippen LogP contribution in [0.1, 0.15) is 43.1 Å². The lowest BCUT2D eigenvalue weighted by atomic mass is 9.96. The zero-order chi connectivity index (χ0) is 16.6. The number of aryl methyl sites for hydroxylation is 2. The summed E-state index contributed by atoms with van der Waals surface area (Å²) in [7, 11) is 0. The number of nitrogens with zero attached hydrogens (tertiary/aromatic N) is 5. The molecule has 1 saturated heterocycles. The topological polar surface area (TPSA) is 58.3 Å². The second-order valence-electron chi connectivity index (χ2n) is 7.16. The third-order valence-corrected chi connectivity index (χ3v) is 5.29. The van der Waals surface area contributed by atoms with E-state index in [1.807, 2.05) is 0 Å². The van der Waals surface area contributed by atoms with E-state index in [1.54, 1.807) is 11.3 Å². The van der Waals surface area contributed by atoms with Crippen molar-refractivity contribution in [3.8, 4) is 0 Å². The third-order valence-electron chi connectivity index (χ3n) is 4.16. The molecule has 0 aliphatic carbocycles. The Hall–Kier alpha value is -1.47. The maximum absolute atomic E-state index is 5.40. The Morgan fingerprint density at radius 3 is 2.30 bits per heavy atom. The highest BCUT2D eigenvalue weighted by atomic mass is 32.1. The molecule has 1 fully saturated rings. The highest BCUT2D eigenvalue weighted by Crippen LogP contribution is 2.26. The first-order valence-corrected chi connectivity index (χ1v) is 8.89. The molecule has 0 amide bonds.